The first kappa shape index (κ1) is 20.5. The van der Waals surface area contributed by atoms with Gasteiger partial charge in [0.05, 0.1) is 19.2 Å². The number of carbonyl (C=O) groups is 3. The van der Waals surface area contributed by atoms with E-state index in [1.54, 1.807) is 14.0 Å². The van der Waals surface area contributed by atoms with Crippen molar-refractivity contribution in [2.45, 2.75) is 32.2 Å². The van der Waals surface area contributed by atoms with Gasteiger partial charge in [0.2, 0.25) is 11.8 Å². The molecule has 1 saturated heterocycles. The number of hydrogen-bond acceptors (Lipinski definition) is 4. The summed E-state index contributed by atoms with van der Waals surface area (Å²) in [5.41, 5.74) is 1.30. The minimum absolute atomic E-state index is 0.0788. The summed E-state index contributed by atoms with van der Waals surface area (Å²) in [6, 6.07) is 11.8. The number of anilines is 1. The number of carbonyl (C=O) groups excluding carboxylic acids is 3. The number of amides is 3. The van der Waals surface area contributed by atoms with Crippen LogP contribution in [-0.2, 0) is 20.8 Å². The van der Waals surface area contributed by atoms with Gasteiger partial charge in [0, 0.05) is 13.0 Å². The van der Waals surface area contributed by atoms with Crippen LogP contribution in [0.4, 0.5) is 10.1 Å². The van der Waals surface area contributed by atoms with E-state index in [0.717, 1.165) is 16.2 Å². The van der Waals surface area contributed by atoms with Crippen molar-refractivity contribution < 1.29 is 23.5 Å². The molecule has 0 bridgehead atoms. The largest absolute Gasteiger partial charge is 0.497 e. The van der Waals surface area contributed by atoms with Crippen molar-refractivity contribution in [3.05, 3.63) is 59.9 Å². The van der Waals surface area contributed by atoms with Crippen LogP contribution in [0.3, 0.4) is 0 Å². The molecule has 29 heavy (non-hydrogen) atoms. The fourth-order valence-electron chi connectivity index (χ4n) is 3.42. The number of ether oxygens (including phenoxy) is 1. The van der Waals surface area contributed by atoms with Crippen LogP contribution in [-0.4, -0.2) is 42.3 Å². The standard InChI is InChI=1S/C22H23FN2O4/c1-3-20(26)24(13-12-15-4-10-18(29-2)11-5-15)19-14-21(27)25(22(19)28)17-8-6-16(23)7-9-17/h4-11,19H,3,12-14H2,1-2H3/t19-/m0/s1. The molecule has 0 unspecified atom stereocenters. The minimum Gasteiger partial charge on any atom is -0.497 e. The molecule has 1 aliphatic rings. The zero-order valence-electron chi connectivity index (χ0n) is 16.4. The lowest BCUT2D eigenvalue weighted by atomic mass is 10.1. The Kier molecular flexibility index (Phi) is 6.26. The zero-order valence-corrected chi connectivity index (χ0v) is 16.4. The van der Waals surface area contributed by atoms with Crippen LogP contribution < -0.4 is 9.64 Å². The molecule has 1 atom stereocenters. The van der Waals surface area contributed by atoms with Crippen LogP contribution in [0, 0.1) is 5.82 Å². The Morgan fingerprint density at radius 1 is 1.14 bits per heavy atom. The monoisotopic (exact) mass is 398 g/mol. The Bertz CT molecular complexity index is 896. The first-order valence-electron chi connectivity index (χ1n) is 9.49. The highest BCUT2D eigenvalue weighted by atomic mass is 19.1. The molecule has 1 fully saturated rings. The quantitative estimate of drug-likeness (QED) is 0.673. The third-order valence-corrected chi connectivity index (χ3v) is 5.01. The average molecular weight is 398 g/mol. The molecule has 0 N–H and O–H groups in total. The van der Waals surface area contributed by atoms with Crippen LogP contribution in [0.25, 0.3) is 0 Å². The highest BCUT2D eigenvalue weighted by Gasteiger charge is 2.43. The molecule has 2 aromatic carbocycles. The highest BCUT2D eigenvalue weighted by Crippen LogP contribution is 2.26. The SMILES string of the molecule is CCC(=O)N(CCc1ccc(OC)cc1)[C@H]1CC(=O)N(c2ccc(F)cc2)C1=O. The summed E-state index contributed by atoms with van der Waals surface area (Å²) < 4.78 is 18.3. The van der Waals surface area contributed by atoms with Gasteiger partial charge in [-0.2, -0.15) is 0 Å². The molecular weight excluding hydrogens is 375 g/mol. The number of methoxy groups -OCH3 is 1. The van der Waals surface area contributed by atoms with Crippen LogP contribution in [0.15, 0.2) is 48.5 Å². The van der Waals surface area contributed by atoms with Crippen molar-refractivity contribution in [1.29, 1.82) is 0 Å². The summed E-state index contributed by atoms with van der Waals surface area (Å²) in [4.78, 5) is 40.5. The van der Waals surface area contributed by atoms with Gasteiger partial charge < -0.3 is 9.64 Å². The van der Waals surface area contributed by atoms with Crippen LogP contribution >= 0.6 is 0 Å². The van der Waals surface area contributed by atoms with Crippen LogP contribution in [0.2, 0.25) is 0 Å². The topological polar surface area (TPSA) is 66.9 Å². The Morgan fingerprint density at radius 2 is 1.79 bits per heavy atom. The summed E-state index contributed by atoms with van der Waals surface area (Å²) in [6.07, 6.45) is 0.700. The molecule has 1 heterocycles. The van der Waals surface area contributed by atoms with Crippen molar-refractivity contribution in [2.75, 3.05) is 18.6 Å². The van der Waals surface area contributed by atoms with E-state index in [1.807, 2.05) is 24.3 Å². The number of halogens is 1. The Hall–Kier alpha value is -3.22. The highest BCUT2D eigenvalue weighted by molar-refractivity contribution is 6.23. The van der Waals surface area contributed by atoms with Gasteiger partial charge in [0.25, 0.3) is 5.91 Å². The third kappa shape index (κ3) is 4.45. The Morgan fingerprint density at radius 3 is 2.38 bits per heavy atom. The number of hydrogen-bond donors (Lipinski definition) is 0. The molecule has 3 amide bonds. The van der Waals surface area contributed by atoms with Gasteiger partial charge in [-0.05, 0) is 48.4 Å². The maximum absolute atomic E-state index is 13.2. The van der Waals surface area contributed by atoms with Crippen molar-refractivity contribution in [1.82, 2.24) is 4.90 Å². The minimum atomic E-state index is -0.849. The lowest BCUT2D eigenvalue weighted by molar-refractivity contribution is -0.138. The van der Waals surface area contributed by atoms with Crippen molar-refractivity contribution in [3.63, 3.8) is 0 Å². The molecule has 0 aromatic heterocycles. The molecule has 0 aliphatic carbocycles. The first-order valence-corrected chi connectivity index (χ1v) is 9.49. The number of imide groups is 1. The van der Waals surface area contributed by atoms with Gasteiger partial charge in [-0.3, -0.25) is 14.4 Å². The predicted molar refractivity (Wildman–Crippen MR) is 106 cm³/mol. The predicted octanol–water partition coefficient (Wildman–Crippen LogP) is 2.95. The second kappa shape index (κ2) is 8.86. The van der Waals surface area contributed by atoms with E-state index >= 15 is 0 Å². The van der Waals surface area contributed by atoms with Gasteiger partial charge in [-0.15, -0.1) is 0 Å². The lowest BCUT2D eigenvalue weighted by Crippen LogP contribution is -2.46. The molecule has 3 rings (SSSR count). The van der Waals surface area contributed by atoms with Crippen LogP contribution in [0.1, 0.15) is 25.3 Å². The second-order valence-electron chi connectivity index (χ2n) is 6.80. The summed E-state index contributed by atoms with van der Waals surface area (Å²) in [6.45, 7) is 2.04. The molecule has 6 nitrogen and oxygen atoms in total. The van der Waals surface area contributed by atoms with E-state index in [0.29, 0.717) is 18.7 Å². The van der Waals surface area contributed by atoms with Crippen molar-refractivity contribution in [3.8, 4) is 5.75 Å². The summed E-state index contributed by atoms with van der Waals surface area (Å²) in [5.74, 6) is -0.762. The molecule has 0 spiro atoms. The third-order valence-electron chi connectivity index (χ3n) is 5.01. The zero-order chi connectivity index (χ0) is 21.0. The molecule has 7 heteroatoms. The number of rotatable bonds is 7. The van der Waals surface area contributed by atoms with Gasteiger partial charge in [-0.25, -0.2) is 9.29 Å². The molecule has 2 aromatic rings. The summed E-state index contributed by atoms with van der Waals surface area (Å²) >= 11 is 0. The van der Waals surface area contributed by atoms with E-state index in [4.69, 9.17) is 4.74 Å². The van der Waals surface area contributed by atoms with E-state index in [1.165, 1.54) is 29.2 Å². The molecule has 1 aliphatic heterocycles. The summed E-state index contributed by atoms with van der Waals surface area (Å²) in [7, 11) is 1.59. The fourth-order valence-corrected chi connectivity index (χ4v) is 3.42. The molecule has 0 radical (unpaired) electrons. The van der Waals surface area contributed by atoms with Crippen LogP contribution in [0.5, 0.6) is 5.75 Å². The van der Waals surface area contributed by atoms with Crippen molar-refractivity contribution in [2.24, 2.45) is 0 Å². The smallest absolute Gasteiger partial charge is 0.257 e. The number of nitrogens with zero attached hydrogens (tertiary/aromatic N) is 2. The van der Waals surface area contributed by atoms with Gasteiger partial charge >= 0.3 is 0 Å². The summed E-state index contributed by atoms with van der Waals surface area (Å²) in [5, 5.41) is 0. The van der Waals surface area contributed by atoms with E-state index in [9.17, 15) is 18.8 Å². The van der Waals surface area contributed by atoms with Gasteiger partial charge in [0.15, 0.2) is 0 Å². The van der Waals surface area contributed by atoms with E-state index < -0.39 is 23.7 Å². The lowest BCUT2D eigenvalue weighted by Gasteiger charge is -2.27. The van der Waals surface area contributed by atoms with E-state index in [-0.39, 0.29) is 18.7 Å². The molecule has 0 saturated carbocycles. The number of benzene rings is 2. The maximum Gasteiger partial charge on any atom is 0.257 e. The fraction of sp³-hybridized carbons (Fsp3) is 0.318. The van der Waals surface area contributed by atoms with Crippen molar-refractivity contribution >= 4 is 23.4 Å². The molecule has 152 valence electrons. The normalized spacial score (nSPS) is 16.2. The molecular formula is C22H23FN2O4. The van der Waals surface area contributed by atoms with Gasteiger partial charge in [0.1, 0.15) is 17.6 Å². The van der Waals surface area contributed by atoms with Gasteiger partial charge in [-0.1, -0.05) is 19.1 Å². The first-order chi connectivity index (χ1) is 13.9. The average Bonchev–Trinajstić information content (AvgIpc) is 3.03. The Labute approximate surface area is 168 Å². The maximum atomic E-state index is 13.2. The van der Waals surface area contributed by atoms with E-state index in [2.05, 4.69) is 0 Å². The second-order valence-corrected chi connectivity index (χ2v) is 6.80. The Balaban J connectivity index is 1.77.